The average molecular weight is 241 g/mol. The van der Waals surface area contributed by atoms with Gasteiger partial charge in [0.05, 0.1) is 11.4 Å². The molecule has 0 bridgehead atoms. The lowest BCUT2D eigenvalue weighted by Gasteiger charge is -2.20. The largest absolute Gasteiger partial charge is 0.507 e. The number of benzene rings is 1. The molecule has 0 amide bonds. The average Bonchev–Trinajstić information content (AvgIpc) is 2.20. The van der Waals surface area contributed by atoms with Crippen LogP contribution in [0.4, 0.5) is 5.69 Å². The molecule has 0 aromatic heterocycles. The molecule has 1 aliphatic heterocycles. The molecule has 2 rings (SSSR count). The lowest BCUT2D eigenvalue weighted by Crippen LogP contribution is -2.28. The highest BCUT2D eigenvalue weighted by atomic mass is 32.2. The zero-order valence-corrected chi connectivity index (χ0v) is 10.1. The van der Waals surface area contributed by atoms with E-state index in [9.17, 15) is 13.5 Å². The molecule has 16 heavy (non-hydrogen) atoms. The van der Waals surface area contributed by atoms with Gasteiger partial charge in [-0.1, -0.05) is 19.9 Å². The number of hydrogen-bond acceptors (Lipinski definition) is 4. The Labute approximate surface area is 95.2 Å². The van der Waals surface area contributed by atoms with E-state index in [1.165, 1.54) is 6.07 Å². The van der Waals surface area contributed by atoms with Gasteiger partial charge in [-0.25, -0.2) is 8.42 Å². The first kappa shape index (κ1) is 11.3. The second kappa shape index (κ2) is 3.38. The van der Waals surface area contributed by atoms with Crippen LogP contribution in [0.1, 0.15) is 13.8 Å². The van der Waals surface area contributed by atoms with Crippen LogP contribution in [-0.2, 0) is 9.84 Å². The van der Waals surface area contributed by atoms with Crippen LogP contribution < -0.4 is 5.32 Å². The van der Waals surface area contributed by atoms with Crippen molar-refractivity contribution >= 4 is 15.5 Å². The molecule has 5 heteroatoms. The van der Waals surface area contributed by atoms with E-state index in [1.54, 1.807) is 12.1 Å². The third-order valence-electron chi connectivity index (χ3n) is 2.64. The van der Waals surface area contributed by atoms with Crippen molar-refractivity contribution < 1.29 is 13.5 Å². The molecule has 1 aliphatic rings. The molecular weight excluding hydrogens is 226 g/mol. The van der Waals surface area contributed by atoms with E-state index in [4.69, 9.17) is 0 Å². The SMILES string of the molecule is CC1(C)CNc2cccc(O)c2S(=O)(=O)C1. The second-order valence-electron chi connectivity index (χ2n) is 4.93. The Morgan fingerprint density at radius 2 is 2.06 bits per heavy atom. The summed E-state index contributed by atoms with van der Waals surface area (Å²) >= 11 is 0. The maximum atomic E-state index is 12.1. The van der Waals surface area contributed by atoms with Gasteiger partial charge < -0.3 is 10.4 Å². The third-order valence-corrected chi connectivity index (χ3v) is 4.86. The summed E-state index contributed by atoms with van der Waals surface area (Å²) in [6, 6.07) is 4.71. The van der Waals surface area contributed by atoms with Crippen LogP contribution in [0.5, 0.6) is 5.75 Å². The Balaban J connectivity index is 2.66. The minimum absolute atomic E-state index is 0.0283. The summed E-state index contributed by atoms with van der Waals surface area (Å²) in [5, 5.41) is 12.7. The van der Waals surface area contributed by atoms with Crippen LogP contribution in [0.15, 0.2) is 23.1 Å². The topological polar surface area (TPSA) is 66.4 Å². The quantitative estimate of drug-likeness (QED) is 0.724. The fraction of sp³-hybridized carbons (Fsp3) is 0.455. The van der Waals surface area contributed by atoms with E-state index < -0.39 is 9.84 Å². The molecule has 0 saturated carbocycles. The first-order chi connectivity index (χ1) is 7.32. The maximum Gasteiger partial charge on any atom is 0.184 e. The number of aromatic hydroxyl groups is 1. The Bertz CT molecular complexity index is 520. The van der Waals surface area contributed by atoms with E-state index >= 15 is 0 Å². The van der Waals surface area contributed by atoms with E-state index in [-0.39, 0.29) is 21.8 Å². The van der Waals surface area contributed by atoms with Gasteiger partial charge in [0, 0.05) is 6.54 Å². The highest BCUT2D eigenvalue weighted by Crippen LogP contribution is 2.37. The Morgan fingerprint density at radius 1 is 1.38 bits per heavy atom. The summed E-state index contributed by atoms with van der Waals surface area (Å²) in [5.41, 5.74) is 0.148. The minimum atomic E-state index is -3.43. The predicted octanol–water partition coefficient (Wildman–Crippen LogP) is 1.62. The predicted molar refractivity (Wildman–Crippen MR) is 62.4 cm³/mol. The van der Waals surface area contributed by atoms with Crippen molar-refractivity contribution in [2.24, 2.45) is 5.41 Å². The van der Waals surface area contributed by atoms with E-state index in [0.29, 0.717) is 12.2 Å². The van der Waals surface area contributed by atoms with Gasteiger partial charge in [-0.15, -0.1) is 0 Å². The van der Waals surface area contributed by atoms with Gasteiger partial charge in [-0.05, 0) is 17.5 Å². The normalized spacial score (nSPS) is 21.6. The van der Waals surface area contributed by atoms with Crippen LogP contribution in [0.25, 0.3) is 0 Å². The van der Waals surface area contributed by atoms with Crippen molar-refractivity contribution in [3.63, 3.8) is 0 Å². The number of hydrogen-bond donors (Lipinski definition) is 2. The summed E-state index contributed by atoms with van der Waals surface area (Å²) in [6.45, 7) is 4.35. The number of rotatable bonds is 0. The van der Waals surface area contributed by atoms with Crippen molar-refractivity contribution in [2.45, 2.75) is 18.7 Å². The molecule has 0 saturated heterocycles. The van der Waals surface area contributed by atoms with Crippen molar-refractivity contribution in [3.8, 4) is 5.75 Å². The fourth-order valence-corrected chi connectivity index (χ4v) is 4.10. The molecule has 1 aromatic carbocycles. The van der Waals surface area contributed by atoms with E-state index in [1.807, 2.05) is 13.8 Å². The molecule has 0 atom stereocenters. The Hall–Kier alpha value is -1.23. The van der Waals surface area contributed by atoms with Gasteiger partial charge in [-0.3, -0.25) is 0 Å². The maximum absolute atomic E-state index is 12.1. The number of sulfone groups is 1. The molecule has 4 nitrogen and oxygen atoms in total. The zero-order valence-electron chi connectivity index (χ0n) is 9.32. The molecule has 0 aliphatic carbocycles. The molecule has 0 spiro atoms. The number of phenols is 1. The highest BCUT2D eigenvalue weighted by Gasteiger charge is 2.34. The lowest BCUT2D eigenvalue weighted by molar-refractivity contribution is 0.440. The molecular formula is C11H15NO3S. The van der Waals surface area contributed by atoms with Crippen molar-refractivity contribution in [3.05, 3.63) is 18.2 Å². The zero-order chi connectivity index (χ0) is 12.0. The molecule has 1 aromatic rings. The van der Waals surface area contributed by atoms with Gasteiger partial charge >= 0.3 is 0 Å². The van der Waals surface area contributed by atoms with Gasteiger partial charge in [0.2, 0.25) is 0 Å². The van der Waals surface area contributed by atoms with Crippen LogP contribution in [0.3, 0.4) is 0 Å². The van der Waals surface area contributed by atoms with E-state index in [0.717, 1.165) is 0 Å². The van der Waals surface area contributed by atoms with Crippen molar-refractivity contribution in [2.75, 3.05) is 17.6 Å². The summed E-state index contributed by atoms with van der Waals surface area (Å²) in [4.78, 5) is 0.0283. The molecule has 1 heterocycles. The molecule has 0 fully saturated rings. The smallest absolute Gasteiger partial charge is 0.184 e. The van der Waals surface area contributed by atoms with Crippen molar-refractivity contribution in [1.82, 2.24) is 0 Å². The van der Waals surface area contributed by atoms with Gasteiger partial charge in [0.15, 0.2) is 9.84 Å². The second-order valence-corrected chi connectivity index (χ2v) is 6.86. The lowest BCUT2D eigenvalue weighted by atomic mass is 9.96. The monoisotopic (exact) mass is 241 g/mol. The van der Waals surface area contributed by atoms with E-state index in [2.05, 4.69) is 5.32 Å². The van der Waals surface area contributed by atoms with Gasteiger partial charge in [0.1, 0.15) is 10.6 Å². The first-order valence-electron chi connectivity index (χ1n) is 5.10. The number of nitrogens with one attached hydrogen (secondary N) is 1. The minimum Gasteiger partial charge on any atom is -0.507 e. The third kappa shape index (κ3) is 1.87. The van der Waals surface area contributed by atoms with Crippen LogP contribution >= 0.6 is 0 Å². The van der Waals surface area contributed by atoms with Crippen LogP contribution in [0, 0.1) is 5.41 Å². The highest BCUT2D eigenvalue weighted by molar-refractivity contribution is 7.91. The first-order valence-corrected chi connectivity index (χ1v) is 6.76. The fourth-order valence-electron chi connectivity index (χ4n) is 1.96. The molecule has 0 unspecified atom stereocenters. The molecule has 88 valence electrons. The summed E-state index contributed by atoms with van der Waals surface area (Å²) in [5.74, 6) is -0.139. The molecule has 2 N–H and O–H groups in total. The van der Waals surface area contributed by atoms with Gasteiger partial charge in [0.25, 0.3) is 0 Å². The number of phenolic OH excluding ortho intramolecular Hbond substituents is 1. The summed E-state index contributed by atoms with van der Waals surface area (Å²) in [6.07, 6.45) is 0. The Morgan fingerprint density at radius 3 is 2.75 bits per heavy atom. The van der Waals surface area contributed by atoms with Crippen molar-refractivity contribution in [1.29, 1.82) is 0 Å². The van der Waals surface area contributed by atoms with Crippen LogP contribution in [-0.4, -0.2) is 25.8 Å². The van der Waals surface area contributed by atoms with Crippen LogP contribution in [0.2, 0.25) is 0 Å². The van der Waals surface area contributed by atoms with Gasteiger partial charge in [-0.2, -0.15) is 0 Å². The Kier molecular flexibility index (Phi) is 2.38. The molecule has 0 radical (unpaired) electrons. The number of fused-ring (bicyclic) bond motifs is 1. The number of anilines is 1. The summed E-state index contributed by atoms with van der Waals surface area (Å²) < 4.78 is 24.3. The summed E-state index contributed by atoms with van der Waals surface area (Å²) in [7, 11) is -3.43. The standard InChI is InChI=1S/C11H15NO3S/c1-11(2)6-12-8-4-3-5-9(13)10(8)16(14,15)7-11/h3-5,12-13H,6-7H2,1-2H3.